The van der Waals surface area contributed by atoms with Gasteiger partial charge < -0.3 is 35.0 Å². The van der Waals surface area contributed by atoms with Gasteiger partial charge in [0.1, 0.15) is 37.1 Å². The first-order valence-electron chi connectivity index (χ1n) is 17.5. The Kier molecular flexibility index (Phi) is 14.9. The Morgan fingerprint density at radius 2 is 1.30 bits per heavy atom. The summed E-state index contributed by atoms with van der Waals surface area (Å²) in [4.78, 5) is 18.3. The van der Waals surface area contributed by atoms with E-state index in [-0.39, 0.29) is 27.7 Å². The minimum absolute atomic E-state index is 0.0981. The van der Waals surface area contributed by atoms with Crippen LogP contribution in [0.5, 0.6) is 11.5 Å². The van der Waals surface area contributed by atoms with E-state index in [1.165, 1.54) is 35.2 Å². The fourth-order valence-corrected chi connectivity index (χ4v) is 7.97. The lowest BCUT2D eigenvalue weighted by atomic mass is 10.2. The maximum Gasteiger partial charge on any atom is 0.304 e. The molecule has 0 unspecified atom stereocenters. The van der Waals surface area contributed by atoms with Crippen molar-refractivity contribution in [3.05, 3.63) is 53.9 Å². The second-order valence-corrected chi connectivity index (χ2v) is 16.1. The molecule has 0 radical (unpaired) electrons. The quantitative estimate of drug-likeness (QED) is 0.0327. The van der Waals surface area contributed by atoms with Gasteiger partial charge in [0.15, 0.2) is 5.16 Å². The van der Waals surface area contributed by atoms with Crippen LogP contribution >= 0.6 is 34.4 Å². The number of methoxy groups -OCH3 is 2. The normalized spacial score (nSPS) is 11.7. The van der Waals surface area contributed by atoms with E-state index < -0.39 is 10.1 Å². The third-order valence-corrected chi connectivity index (χ3v) is 11.9. The topological polar surface area (TPSA) is 212 Å². The third-order valence-electron chi connectivity index (χ3n) is 8.07. The van der Waals surface area contributed by atoms with E-state index in [4.69, 9.17) is 14.5 Å². The van der Waals surface area contributed by atoms with Crippen LogP contribution in [-0.4, -0.2) is 85.8 Å². The van der Waals surface area contributed by atoms with E-state index in [1.807, 2.05) is 49.6 Å². The van der Waals surface area contributed by atoms with Crippen LogP contribution in [0.4, 0.5) is 56.0 Å². The Bertz CT molecular complexity index is 2240. The summed E-state index contributed by atoms with van der Waals surface area (Å²) in [5.74, 6) is 1.82. The molecule has 21 heteroatoms. The molecule has 4 N–H and O–H groups in total. The smallest absolute Gasteiger partial charge is 0.304 e. The van der Waals surface area contributed by atoms with Crippen molar-refractivity contribution in [1.29, 1.82) is 0 Å². The Morgan fingerprint density at radius 1 is 0.768 bits per heavy atom. The van der Waals surface area contributed by atoms with E-state index in [1.54, 1.807) is 20.3 Å². The number of nitrogens with zero attached hydrogens (tertiary/aromatic N) is 9. The number of benzene rings is 2. The molecule has 0 spiro atoms. The number of azo groups is 2. The van der Waals surface area contributed by atoms with Crippen LogP contribution in [0.25, 0.3) is 0 Å². The van der Waals surface area contributed by atoms with Gasteiger partial charge in [-0.15, -0.1) is 43.1 Å². The largest absolute Gasteiger partial charge is 0.494 e. The Hall–Kier alpha value is -4.93. The lowest BCUT2D eigenvalue weighted by Gasteiger charge is -2.25. The summed E-state index contributed by atoms with van der Waals surface area (Å²) in [6.07, 6.45) is 0. The van der Waals surface area contributed by atoms with Crippen molar-refractivity contribution >= 4 is 101 Å². The summed E-state index contributed by atoms with van der Waals surface area (Å²) in [6, 6.07) is 13.7. The van der Waals surface area contributed by atoms with Crippen molar-refractivity contribution in [3.8, 4) is 11.5 Å². The van der Waals surface area contributed by atoms with Gasteiger partial charge in [0.2, 0.25) is 11.9 Å². The van der Waals surface area contributed by atoms with Gasteiger partial charge in [0, 0.05) is 44.1 Å². The Morgan fingerprint density at radius 3 is 1.73 bits per heavy atom. The fourth-order valence-electron chi connectivity index (χ4n) is 5.38. The van der Waals surface area contributed by atoms with Crippen LogP contribution in [0, 0.1) is 0 Å². The van der Waals surface area contributed by atoms with Gasteiger partial charge in [-0.2, -0.15) is 23.4 Å². The zero-order chi connectivity index (χ0) is 40.2. The van der Waals surface area contributed by atoms with E-state index in [9.17, 15) is 18.1 Å². The van der Waals surface area contributed by atoms with Crippen LogP contribution in [0.1, 0.15) is 27.7 Å². The monoisotopic (exact) mass is 841 g/mol. The number of ether oxygens (including phenoxy) is 2. The van der Waals surface area contributed by atoms with Crippen LogP contribution in [0.15, 0.2) is 83.7 Å². The standard InChI is InChI=1S/C35H43N11O6S4/c1-7-45(8-2)26-18-22(24(20-28(26)51-5)41-43-30-12-11-16-53-30)36-33-38-34(40-35(39-33)54-17-15-47)37-23-19-27(46(9-3)10-4)29(52-6)21-25(23)42-44-31-13-14-32(55-31)56(48,49)50/h11-14,16,18-21,47H,7-10,15,17H2,1-6H3,(H,48,49,50)(H2,36,37,38,39,40). The van der Waals surface area contributed by atoms with E-state index >= 15 is 0 Å². The number of rotatable bonds is 20. The molecule has 3 aromatic heterocycles. The average Bonchev–Trinajstić information content (AvgIpc) is 3.90. The summed E-state index contributed by atoms with van der Waals surface area (Å²) in [5.41, 5.74) is 3.44. The van der Waals surface area contributed by atoms with Crippen molar-refractivity contribution in [2.24, 2.45) is 20.5 Å². The fraction of sp³-hybridized carbons (Fsp3) is 0.343. The molecule has 0 fully saturated rings. The van der Waals surface area contributed by atoms with Crippen molar-refractivity contribution in [2.75, 3.05) is 73.2 Å². The number of thiophene rings is 2. The lowest BCUT2D eigenvalue weighted by molar-refractivity contribution is 0.322. The highest BCUT2D eigenvalue weighted by molar-refractivity contribution is 7.99. The van der Waals surface area contributed by atoms with E-state index in [0.29, 0.717) is 58.2 Å². The van der Waals surface area contributed by atoms with Gasteiger partial charge in [-0.05, 0) is 69.5 Å². The van der Waals surface area contributed by atoms with Gasteiger partial charge in [-0.1, -0.05) is 11.8 Å². The van der Waals surface area contributed by atoms with Crippen LogP contribution in [0.3, 0.4) is 0 Å². The molecule has 0 bridgehead atoms. The van der Waals surface area contributed by atoms with Crippen molar-refractivity contribution in [2.45, 2.75) is 37.1 Å². The number of anilines is 6. The highest BCUT2D eigenvalue weighted by atomic mass is 32.3. The minimum atomic E-state index is -4.40. The SMILES string of the molecule is CCN(CC)c1cc(Nc2nc(Nc3cc(N(CC)CC)c(OC)cc3N=Nc3ccc(S(=O)(=O)O)s3)nc(SCCO)n2)c(N=Nc2cccs2)cc1OC. The summed E-state index contributed by atoms with van der Waals surface area (Å²) in [6.45, 7) is 10.9. The molecule has 0 saturated heterocycles. The number of aliphatic hydroxyl groups excluding tert-OH is 1. The molecule has 5 aromatic rings. The molecular formula is C35H43N11O6S4. The first-order valence-corrected chi connectivity index (χ1v) is 21.6. The highest BCUT2D eigenvalue weighted by Crippen LogP contribution is 2.43. The predicted octanol–water partition coefficient (Wildman–Crippen LogP) is 9.35. The average molecular weight is 842 g/mol. The molecule has 3 heterocycles. The molecule has 0 aliphatic heterocycles. The second kappa shape index (κ2) is 19.8. The summed E-state index contributed by atoms with van der Waals surface area (Å²) < 4.78 is 44.1. The molecule has 2 aromatic carbocycles. The van der Waals surface area contributed by atoms with Crippen molar-refractivity contribution < 1.29 is 27.6 Å². The first-order chi connectivity index (χ1) is 27.0. The molecule has 56 heavy (non-hydrogen) atoms. The van der Waals surface area contributed by atoms with Crippen molar-refractivity contribution in [1.82, 2.24) is 15.0 Å². The Labute approximate surface area is 337 Å². The number of thioether (sulfide) groups is 1. The summed E-state index contributed by atoms with van der Waals surface area (Å²) in [5, 5.41) is 37.2. The molecule has 0 atom stereocenters. The minimum Gasteiger partial charge on any atom is -0.494 e. The maximum atomic E-state index is 11.7. The van der Waals surface area contributed by atoms with Crippen LogP contribution < -0.4 is 29.9 Å². The molecular weight excluding hydrogens is 799 g/mol. The molecule has 0 aliphatic carbocycles. The van der Waals surface area contributed by atoms with Gasteiger partial charge in [-0.3, -0.25) is 4.55 Å². The zero-order valence-corrected chi connectivity index (χ0v) is 34.9. The molecule has 298 valence electrons. The highest BCUT2D eigenvalue weighted by Gasteiger charge is 2.20. The lowest BCUT2D eigenvalue weighted by Crippen LogP contribution is -2.22. The Balaban J connectivity index is 1.62. The molecule has 0 aliphatic rings. The summed E-state index contributed by atoms with van der Waals surface area (Å²) >= 11 is 3.47. The summed E-state index contributed by atoms with van der Waals surface area (Å²) in [7, 11) is -1.23. The van der Waals surface area contributed by atoms with Crippen LogP contribution in [0.2, 0.25) is 0 Å². The maximum absolute atomic E-state index is 11.7. The predicted molar refractivity (Wildman–Crippen MR) is 224 cm³/mol. The molecule has 17 nitrogen and oxygen atoms in total. The van der Waals surface area contributed by atoms with E-state index in [2.05, 4.69) is 64.7 Å². The van der Waals surface area contributed by atoms with Crippen LogP contribution in [-0.2, 0) is 10.1 Å². The third kappa shape index (κ3) is 10.7. The number of hydrogen-bond acceptors (Lipinski definition) is 19. The van der Waals surface area contributed by atoms with Gasteiger partial charge in [0.25, 0.3) is 0 Å². The van der Waals surface area contributed by atoms with Gasteiger partial charge >= 0.3 is 10.1 Å². The number of hydrogen-bond donors (Lipinski definition) is 4. The number of aromatic nitrogens is 3. The molecule has 0 saturated carbocycles. The second-order valence-electron chi connectivity index (χ2n) is 11.4. The zero-order valence-electron chi connectivity index (χ0n) is 31.6. The van der Waals surface area contributed by atoms with Crippen molar-refractivity contribution in [3.63, 3.8) is 0 Å². The number of nitrogens with one attached hydrogen (secondary N) is 2. The van der Waals surface area contributed by atoms with Gasteiger partial charge in [-0.25, -0.2) is 0 Å². The first kappa shape index (κ1) is 42.2. The number of aliphatic hydroxyl groups is 1. The molecule has 5 rings (SSSR count). The molecule has 0 amide bonds. The van der Waals surface area contributed by atoms with Gasteiger partial charge in [0.05, 0.1) is 43.6 Å². The van der Waals surface area contributed by atoms with E-state index in [0.717, 1.165) is 40.8 Å².